The Morgan fingerprint density at radius 1 is 1.03 bits per heavy atom. The van der Waals surface area contributed by atoms with Crippen LogP contribution in [0.2, 0.25) is 0 Å². The van der Waals surface area contributed by atoms with E-state index in [2.05, 4.69) is 20.1 Å². The molecule has 1 N–H and O–H groups in total. The molecule has 0 unspecified atom stereocenters. The number of nitrogens with one attached hydrogen (secondary N) is 1. The van der Waals surface area contributed by atoms with E-state index in [0.29, 0.717) is 13.1 Å². The molecule has 30 heavy (non-hydrogen) atoms. The summed E-state index contributed by atoms with van der Waals surface area (Å²) in [4.78, 5) is 34.5. The molecule has 0 atom stereocenters. The van der Waals surface area contributed by atoms with Crippen LogP contribution in [0.3, 0.4) is 0 Å². The number of rotatable bonds is 4. The highest BCUT2D eigenvalue weighted by Crippen LogP contribution is 2.18. The highest BCUT2D eigenvalue weighted by Gasteiger charge is 2.28. The highest BCUT2D eigenvalue weighted by atomic mass is 127. The number of aliphatic imine (C=N–C) groups is 1. The van der Waals surface area contributed by atoms with E-state index >= 15 is 0 Å². The average molecular weight is 539 g/mol. The van der Waals surface area contributed by atoms with Crippen LogP contribution < -0.4 is 5.32 Å². The first kappa shape index (κ1) is 26.7. The molecule has 2 saturated heterocycles. The molecule has 1 amide bonds. The van der Waals surface area contributed by atoms with Crippen LogP contribution in [-0.4, -0.2) is 105 Å². The van der Waals surface area contributed by atoms with E-state index in [-0.39, 0.29) is 42.0 Å². The zero-order chi connectivity index (χ0) is 21.4. The number of likely N-dealkylation sites (tertiary alicyclic amines) is 1. The second-order valence-electron chi connectivity index (χ2n) is 8.57. The monoisotopic (exact) mass is 539 g/mol. The van der Waals surface area contributed by atoms with Crippen molar-refractivity contribution in [1.82, 2.24) is 20.0 Å². The summed E-state index contributed by atoms with van der Waals surface area (Å²) >= 11 is 0. The highest BCUT2D eigenvalue weighted by molar-refractivity contribution is 14.0. The van der Waals surface area contributed by atoms with E-state index in [0.717, 1.165) is 58.1 Å². The molecule has 2 heterocycles. The largest absolute Gasteiger partial charge is 0.469 e. The van der Waals surface area contributed by atoms with Gasteiger partial charge in [-0.3, -0.25) is 14.7 Å². The third-order valence-electron chi connectivity index (χ3n) is 5.28. The van der Waals surface area contributed by atoms with Gasteiger partial charge in [-0.05, 0) is 33.6 Å². The molecule has 0 aromatic rings. The van der Waals surface area contributed by atoms with Crippen molar-refractivity contribution in [3.05, 3.63) is 0 Å². The first-order chi connectivity index (χ1) is 13.7. The van der Waals surface area contributed by atoms with Crippen LogP contribution in [-0.2, 0) is 14.3 Å². The molecule has 174 valence electrons. The van der Waals surface area contributed by atoms with Gasteiger partial charge in [0.1, 0.15) is 5.60 Å². The summed E-state index contributed by atoms with van der Waals surface area (Å²) < 4.78 is 10.3. The molecule has 2 aliphatic rings. The Morgan fingerprint density at radius 3 is 2.13 bits per heavy atom. The fourth-order valence-corrected chi connectivity index (χ4v) is 3.63. The summed E-state index contributed by atoms with van der Waals surface area (Å²) in [6.07, 6.45) is 1.35. The van der Waals surface area contributed by atoms with E-state index < -0.39 is 5.60 Å². The van der Waals surface area contributed by atoms with Gasteiger partial charge in [-0.25, -0.2) is 4.79 Å². The first-order valence-electron chi connectivity index (χ1n) is 10.5. The van der Waals surface area contributed by atoms with Gasteiger partial charge in [0.2, 0.25) is 0 Å². The molecule has 0 aromatic heterocycles. The molecule has 0 aromatic carbocycles. The number of hydrogen-bond donors (Lipinski definition) is 1. The lowest BCUT2D eigenvalue weighted by Crippen LogP contribution is -2.52. The summed E-state index contributed by atoms with van der Waals surface area (Å²) in [7, 11) is 3.23. The Balaban J connectivity index is 0.00000450. The second kappa shape index (κ2) is 12.5. The maximum Gasteiger partial charge on any atom is 0.410 e. The molecule has 2 rings (SSSR count). The first-order valence-corrected chi connectivity index (χ1v) is 10.5. The fraction of sp³-hybridized carbons (Fsp3) is 0.850. The van der Waals surface area contributed by atoms with Crippen LogP contribution in [0.25, 0.3) is 0 Å². The average Bonchev–Trinajstić information content (AvgIpc) is 2.70. The molecule has 10 heteroatoms. The van der Waals surface area contributed by atoms with Crippen molar-refractivity contribution in [2.24, 2.45) is 10.9 Å². The van der Waals surface area contributed by atoms with Crippen molar-refractivity contribution >= 4 is 42.0 Å². The predicted octanol–water partition coefficient (Wildman–Crippen LogP) is 1.62. The smallest absolute Gasteiger partial charge is 0.410 e. The maximum absolute atomic E-state index is 12.1. The molecule has 0 aliphatic carbocycles. The zero-order valence-corrected chi connectivity index (χ0v) is 21.3. The van der Waals surface area contributed by atoms with Crippen molar-refractivity contribution in [2.45, 2.75) is 39.2 Å². The molecule has 0 spiro atoms. The van der Waals surface area contributed by atoms with Crippen LogP contribution >= 0.6 is 24.0 Å². The lowest BCUT2D eigenvalue weighted by Gasteiger charge is -2.36. The standard InChI is InChI=1S/C20H37N5O4.HI/c1-20(2,3)29-19(27)25-14-12-23(13-15-25)11-8-22-18(21-4)24-9-6-16(7-10-24)17(26)28-5;/h16H,6-15H2,1-5H3,(H,21,22);1H. The second-order valence-corrected chi connectivity index (χ2v) is 8.57. The van der Waals surface area contributed by atoms with Gasteiger partial charge in [0.05, 0.1) is 13.0 Å². The van der Waals surface area contributed by atoms with E-state index in [4.69, 9.17) is 9.47 Å². The third kappa shape index (κ3) is 8.44. The van der Waals surface area contributed by atoms with Gasteiger partial charge >= 0.3 is 12.1 Å². The van der Waals surface area contributed by atoms with Crippen molar-refractivity contribution in [3.63, 3.8) is 0 Å². The molecule has 0 bridgehead atoms. The van der Waals surface area contributed by atoms with Gasteiger partial charge in [-0.15, -0.1) is 24.0 Å². The zero-order valence-electron chi connectivity index (χ0n) is 19.0. The quantitative estimate of drug-likeness (QED) is 0.252. The summed E-state index contributed by atoms with van der Waals surface area (Å²) in [5, 5.41) is 3.42. The lowest BCUT2D eigenvalue weighted by atomic mass is 9.97. The van der Waals surface area contributed by atoms with Gasteiger partial charge in [0, 0.05) is 59.4 Å². The molecular weight excluding hydrogens is 501 g/mol. The van der Waals surface area contributed by atoms with E-state index in [1.165, 1.54) is 7.11 Å². The predicted molar refractivity (Wildman–Crippen MR) is 127 cm³/mol. The van der Waals surface area contributed by atoms with Gasteiger partial charge in [-0.2, -0.15) is 0 Å². The van der Waals surface area contributed by atoms with Gasteiger partial charge in [-0.1, -0.05) is 0 Å². The molecular formula is C20H38IN5O4. The fourth-order valence-electron chi connectivity index (χ4n) is 3.63. The summed E-state index contributed by atoms with van der Waals surface area (Å²) in [5.74, 6) is 0.759. The molecule has 0 radical (unpaired) electrons. The van der Waals surface area contributed by atoms with Crippen molar-refractivity contribution < 1.29 is 19.1 Å². The Bertz CT molecular complexity index is 580. The lowest BCUT2D eigenvalue weighted by molar-refractivity contribution is -0.146. The number of piperazine rings is 1. The molecule has 0 saturated carbocycles. The van der Waals surface area contributed by atoms with E-state index in [9.17, 15) is 9.59 Å². The minimum Gasteiger partial charge on any atom is -0.469 e. The minimum atomic E-state index is -0.459. The number of carbonyl (C=O) groups excluding carboxylic acids is 2. The van der Waals surface area contributed by atoms with Crippen LogP contribution in [0.15, 0.2) is 4.99 Å². The van der Waals surface area contributed by atoms with E-state index in [1.54, 1.807) is 11.9 Å². The van der Waals surface area contributed by atoms with Crippen LogP contribution in [0.5, 0.6) is 0 Å². The number of hydrogen-bond acceptors (Lipinski definition) is 6. The van der Waals surface area contributed by atoms with Crippen molar-refractivity contribution in [3.8, 4) is 0 Å². The summed E-state index contributed by atoms with van der Waals surface area (Å²) in [5.41, 5.74) is -0.459. The van der Waals surface area contributed by atoms with Gasteiger partial charge < -0.3 is 24.6 Å². The van der Waals surface area contributed by atoms with Crippen molar-refractivity contribution in [1.29, 1.82) is 0 Å². The topological polar surface area (TPSA) is 86.7 Å². The number of piperidine rings is 1. The Kier molecular flexibility index (Phi) is 11.2. The van der Waals surface area contributed by atoms with Crippen LogP contribution in [0, 0.1) is 5.92 Å². The SMILES string of the molecule is CN=C(NCCN1CCN(C(=O)OC(C)(C)C)CC1)N1CCC(C(=O)OC)CC1.I. The number of carbonyl (C=O) groups is 2. The number of ether oxygens (including phenoxy) is 2. The molecule has 2 fully saturated rings. The summed E-state index contributed by atoms with van der Waals surface area (Å²) in [6, 6.07) is 0. The number of methoxy groups -OCH3 is 1. The Labute approximate surface area is 197 Å². The van der Waals surface area contributed by atoms with Gasteiger partial charge in [0.15, 0.2) is 5.96 Å². The number of amides is 1. The van der Waals surface area contributed by atoms with Crippen molar-refractivity contribution in [2.75, 3.05) is 66.5 Å². The third-order valence-corrected chi connectivity index (χ3v) is 5.28. The van der Waals surface area contributed by atoms with E-state index in [1.807, 2.05) is 20.8 Å². The maximum atomic E-state index is 12.1. The molecule has 9 nitrogen and oxygen atoms in total. The number of guanidine groups is 1. The summed E-state index contributed by atoms with van der Waals surface area (Å²) in [6.45, 7) is 12.0. The normalized spacial score (nSPS) is 19.2. The van der Waals surface area contributed by atoms with Gasteiger partial charge in [0.25, 0.3) is 0 Å². The minimum absolute atomic E-state index is 0. The molecule has 2 aliphatic heterocycles. The van der Waals surface area contributed by atoms with Crippen LogP contribution in [0.4, 0.5) is 4.79 Å². The Morgan fingerprint density at radius 2 is 1.63 bits per heavy atom. The Hall–Kier alpha value is -1.30. The number of esters is 1. The number of nitrogens with zero attached hydrogens (tertiary/aromatic N) is 4. The number of halogens is 1. The van der Waals surface area contributed by atoms with Crippen LogP contribution in [0.1, 0.15) is 33.6 Å².